The van der Waals surface area contributed by atoms with Crippen molar-refractivity contribution in [2.24, 2.45) is 17.6 Å². The molecule has 1 aliphatic heterocycles. The molecule has 1 amide bonds. The second kappa shape index (κ2) is 6.09. The first-order valence-corrected chi connectivity index (χ1v) is 6.64. The molecule has 1 aromatic rings. The molecule has 1 saturated heterocycles. The van der Waals surface area contributed by atoms with Gasteiger partial charge >= 0.3 is 0 Å². The minimum absolute atomic E-state index is 0.0911. The Morgan fingerprint density at radius 1 is 1.45 bits per heavy atom. The summed E-state index contributed by atoms with van der Waals surface area (Å²) in [4.78, 5) is 17.9. The number of hydrogen-bond donors (Lipinski definition) is 1. The van der Waals surface area contributed by atoms with Crippen molar-refractivity contribution < 1.29 is 14.3 Å². The molecule has 0 spiro atoms. The van der Waals surface area contributed by atoms with Crippen LogP contribution in [0.5, 0.6) is 11.5 Å². The average molecular weight is 279 g/mol. The Morgan fingerprint density at radius 3 is 2.75 bits per heavy atom. The normalized spacial score (nSPS) is 22.8. The van der Waals surface area contributed by atoms with E-state index in [1.807, 2.05) is 6.92 Å². The lowest BCUT2D eigenvalue weighted by molar-refractivity contribution is -0.122. The fourth-order valence-electron chi connectivity index (χ4n) is 2.74. The summed E-state index contributed by atoms with van der Waals surface area (Å²) in [6.45, 7) is 4.16. The predicted molar refractivity (Wildman–Crippen MR) is 74.5 cm³/mol. The van der Waals surface area contributed by atoms with E-state index < -0.39 is 0 Å². The number of methoxy groups -OCH3 is 2. The fraction of sp³-hybridized carbons (Fsp3) is 0.571. The number of carbonyl (C=O) groups is 1. The highest BCUT2D eigenvalue weighted by Crippen LogP contribution is 2.31. The van der Waals surface area contributed by atoms with Crippen LogP contribution in [0.1, 0.15) is 12.6 Å². The number of aromatic nitrogens is 1. The first-order valence-electron chi connectivity index (χ1n) is 6.64. The van der Waals surface area contributed by atoms with Gasteiger partial charge in [0.2, 0.25) is 5.91 Å². The first kappa shape index (κ1) is 14.6. The molecule has 0 radical (unpaired) electrons. The standard InChI is InChI=1S/C14H21N3O3/c1-9-6-17(7-10(9)14(15)18)8-11-13(20-3)12(19-2)4-5-16-11/h4-5,9-10H,6-8H2,1-3H3,(H2,15,18)/t9-,10-/m1/s1. The number of likely N-dealkylation sites (tertiary alicyclic amines) is 1. The van der Waals surface area contributed by atoms with Crippen LogP contribution in [0.15, 0.2) is 12.3 Å². The Bertz CT molecular complexity index is 493. The Hall–Kier alpha value is -1.82. The molecule has 0 unspecified atom stereocenters. The molecule has 110 valence electrons. The van der Waals surface area contributed by atoms with Crippen LogP contribution in [0, 0.1) is 11.8 Å². The van der Waals surface area contributed by atoms with Crippen molar-refractivity contribution in [2.75, 3.05) is 27.3 Å². The molecular weight excluding hydrogens is 258 g/mol. The molecule has 2 N–H and O–H groups in total. The van der Waals surface area contributed by atoms with Gasteiger partial charge in [-0.2, -0.15) is 0 Å². The van der Waals surface area contributed by atoms with Gasteiger partial charge in [0.25, 0.3) is 0 Å². The third-order valence-corrected chi connectivity index (χ3v) is 3.79. The number of ether oxygens (including phenoxy) is 2. The number of nitrogens with zero attached hydrogens (tertiary/aromatic N) is 2. The molecule has 6 heteroatoms. The van der Waals surface area contributed by atoms with Gasteiger partial charge in [-0.1, -0.05) is 6.92 Å². The molecule has 2 heterocycles. The van der Waals surface area contributed by atoms with Gasteiger partial charge in [0.15, 0.2) is 11.5 Å². The van der Waals surface area contributed by atoms with E-state index in [0.29, 0.717) is 24.6 Å². The topological polar surface area (TPSA) is 77.7 Å². The van der Waals surface area contributed by atoms with E-state index in [1.54, 1.807) is 26.5 Å². The average Bonchev–Trinajstić information content (AvgIpc) is 2.79. The van der Waals surface area contributed by atoms with Gasteiger partial charge < -0.3 is 15.2 Å². The highest BCUT2D eigenvalue weighted by molar-refractivity contribution is 5.77. The van der Waals surface area contributed by atoms with Gasteiger partial charge in [0.1, 0.15) is 5.69 Å². The Labute approximate surface area is 118 Å². The van der Waals surface area contributed by atoms with Crippen LogP contribution >= 0.6 is 0 Å². The van der Waals surface area contributed by atoms with Gasteiger partial charge in [-0.25, -0.2) is 0 Å². The smallest absolute Gasteiger partial charge is 0.222 e. The molecular formula is C14H21N3O3. The number of amides is 1. The third-order valence-electron chi connectivity index (χ3n) is 3.79. The lowest BCUT2D eigenvalue weighted by atomic mass is 9.98. The largest absolute Gasteiger partial charge is 0.493 e. The van der Waals surface area contributed by atoms with Gasteiger partial charge in [-0.05, 0) is 5.92 Å². The maximum Gasteiger partial charge on any atom is 0.222 e. The quantitative estimate of drug-likeness (QED) is 0.856. The lowest BCUT2D eigenvalue weighted by Crippen LogP contribution is -2.29. The summed E-state index contributed by atoms with van der Waals surface area (Å²) in [5.41, 5.74) is 6.23. The molecule has 0 bridgehead atoms. The minimum Gasteiger partial charge on any atom is -0.493 e. The van der Waals surface area contributed by atoms with E-state index in [9.17, 15) is 4.79 Å². The van der Waals surface area contributed by atoms with E-state index in [-0.39, 0.29) is 17.7 Å². The van der Waals surface area contributed by atoms with Crippen LogP contribution < -0.4 is 15.2 Å². The zero-order chi connectivity index (χ0) is 14.7. The number of primary amides is 1. The number of pyridine rings is 1. The summed E-state index contributed by atoms with van der Waals surface area (Å²) < 4.78 is 10.6. The minimum atomic E-state index is -0.231. The SMILES string of the molecule is COc1ccnc(CN2C[C@@H](C)[C@H](C(N)=O)C2)c1OC. The van der Waals surface area contributed by atoms with E-state index in [2.05, 4.69) is 9.88 Å². The zero-order valence-corrected chi connectivity index (χ0v) is 12.1. The summed E-state index contributed by atoms with van der Waals surface area (Å²) in [6, 6.07) is 1.77. The maximum atomic E-state index is 11.4. The Kier molecular flexibility index (Phi) is 4.44. The van der Waals surface area contributed by atoms with Gasteiger partial charge in [0.05, 0.1) is 20.1 Å². The fourth-order valence-corrected chi connectivity index (χ4v) is 2.74. The van der Waals surface area contributed by atoms with Crippen molar-refractivity contribution in [3.8, 4) is 11.5 Å². The van der Waals surface area contributed by atoms with Crippen LogP contribution in [0.4, 0.5) is 0 Å². The van der Waals surface area contributed by atoms with Crippen LogP contribution in [-0.4, -0.2) is 43.1 Å². The number of hydrogen-bond acceptors (Lipinski definition) is 5. The van der Waals surface area contributed by atoms with E-state index in [1.165, 1.54) is 0 Å². The predicted octanol–water partition coefficient (Wildman–Crippen LogP) is 0.652. The van der Waals surface area contributed by atoms with Gasteiger partial charge in [-0.15, -0.1) is 0 Å². The summed E-state index contributed by atoms with van der Waals surface area (Å²) >= 11 is 0. The van der Waals surface area contributed by atoms with Crippen LogP contribution in [0.2, 0.25) is 0 Å². The monoisotopic (exact) mass is 279 g/mol. The molecule has 0 saturated carbocycles. The summed E-state index contributed by atoms with van der Waals surface area (Å²) in [6.07, 6.45) is 1.70. The number of carbonyl (C=O) groups excluding carboxylic acids is 1. The number of rotatable bonds is 5. The van der Waals surface area contributed by atoms with Crippen molar-refractivity contribution in [1.82, 2.24) is 9.88 Å². The van der Waals surface area contributed by atoms with Crippen molar-refractivity contribution in [3.63, 3.8) is 0 Å². The summed E-state index contributed by atoms with van der Waals surface area (Å²) in [5.74, 6) is 1.25. The third kappa shape index (κ3) is 2.85. The highest BCUT2D eigenvalue weighted by atomic mass is 16.5. The number of nitrogens with two attached hydrogens (primary N) is 1. The molecule has 1 aromatic heterocycles. The molecule has 20 heavy (non-hydrogen) atoms. The van der Waals surface area contributed by atoms with Gasteiger partial charge in [-0.3, -0.25) is 14.7 Å². The first-order chi connectivity index (χ1) is 9.56. The van der Waals surface area contributed by atoms with Crippen molar-refractivity contribution in [2.45, 2.75) is 13.5 Å². The summed E-state index contributed by atoms with van der Waals surface area (Å²) in [7, 11) is 3.20. The molecule has 0 aromatic carbocycles. The molecule has 1 aliphatic rings. The second-order valence-corrected chi connectivity index (χ2v) is 5.17. The molecule has 2 rings (SSSR count). The van der Waals surface area contributed by atoms with Crippen LogP contribution in [0.25, 0.3) is 0 Å². The Balaban J connectivity index is 2.13. The Morgan fingerprint density at radius 2 is 2.20 bits per heavy atom. The maximum absolute atomic E-state index is 11.4. The zero-order valence-electron chi connectivity index (χ0n) is 12.1. The molecule has 2 atom stereocenters. The van der Waals surface area contributed by atoms with Crippen molar-refractivity contribution in [3.05, 3.63) is 18.0 Å². The second-order valence-electron chi connectivity index (χ2n) is 5.17. The van der Waals surface area contributed by atoms with E-state index in [0.717, 1.165) is 12.2 Å². The van der Waals surface area contributed by atoms with E-state index in [4.69, 9.17) is 15.2 Å². The molecule has 6 nitrogen and oxygen atoms in total. The van der Waals surface area contributed by atoms with Crippen molar-refractivity contribution in [1.29, 1.82) is 0 Å². The molecule has 0 aliphatic carbocycles. The lowest BCUT2D eigenvalue weighted by Gasteiger charge is -2.17. The van der Waals surface area contributed by atoms with E-state index >= 15 is 0 Å². The van der Waals surface area contributed by atoms with Crippen LogP contribution in [-0.2, 0) is 11.3 Å². The summed E-state index contributed by atoms with van der Waals surface area (Å²) in [5, 5.41) is 0. The van der Waals surface area contributed by atoms with Crippen molar-refractivity contribution >= 4 is 5.91 Å². The molecule has 1 fully saturated rings. The van der Waals surface area contributed by atoms with Crippen LogP contribution in [0.3, 0.4) is 0 Å². The highest BCUT2D eigenvalue weighted by Gasteiger charge is 2.33. The van der Waals surface area contributed by atoms with Gasteiger partial charge in [0, 0.05) is 31.9 Å².